The van der Waals surface area contributed by atoms with Crippen molar-refractivity contribution < 1.29 is 13.9 Å². The lowest BCUT2D eigenvalue weighted by Crippen LogP contribution is -2.15. The highest BCUT2D eigenvalue weighted by Gasteiger charge is 2.20. The second-order valence-corrected chi connectivity index (χ2v) is 7.96. The van der Waals surface area contributed by atoms with Crippen molar-refractivity contribution in [1.29, 1.82) is 0 Å². The minimum Gasteiger partial charge on any atom is -0.483 e. The van der Waals surface area contributed by atoms with E-state index in [0.717, 1.165) is 0 Å². The van der Waals surface area contributed by atoms with Gasteiger partial charge in [-0.3, -0.25) is 4.79 Å². The number of hydrogen-bond donors (Lipinski definition) is 1. The Kier molecular flexibility index (Phi) is 7.58. The Morgan fingerprint density at radius 3 is 2.67 bits per heavy atom. The fraction of sp³-hybridized carbons (Fsp3) is 0.250. The first-order chi connectivity index (χ1) is 14.4. The van der Waals surface area contributed by atoms with Crippen molar-refractivity contribution in [2.75, 3.05) is 11.1 Å². The Morgan fingerprint density at radius 1 is 1.23 bits per heavy atom. The molecule has 10 heteroatoms. The largest absolute Gasteiger partial charge is 0.483 e. The Hall–Kier alpha value is -2.29. The molecule has 0 saturated heterocycles. The van der Waals surface area contributed by atoms with Crippen molar-refractivity contribution in [3.05, 3.63) is 64.2 Å². The van der Waals surface area contributed by atoms with Crippen molar-refractivity contribution in [2.45, 2.75) is 31.7 Å². The third-order valence-electron chi connectivity index (χ3n) is 4.11. The fourth-order valence-corrected chi connectivity index (χ4v) is 3.85. The lowest BCUT2D eigenvalue weighted by atomic mass is 10.3. The van der Waals surface area contributed by atoms with E-state index in [-0.39, 0.29) is 17.5 Å². The molecule has 0 aliphatic rings. The summed E-state index contributed by atoms with van der Waals surface area (Å²) in [5, 5.41) is 12.4. The summed E-state index contributed by atoms with van der Waals surface area (Å²) in [6, 6.07) is 10.8. The summed E-state index contributed by atoms with van der Waals surface area (Å²) in [7, 11) is 0. The van der Waals surface area contributed by atoms with Crippen LogP contribution in [0, 0.1) is 5.82 Å². The van der Waals surface area contributed by atoms with Crippen molar-refractivity contribution in [3.63, 3.8) is 0 Å². The first-order valence-electron chi connectivity index (χ1n) is 9.11. The lowest BCUT2D eigenvalue weighted by Gasteiger charge is -2.15. The highest BCUT2D eigenvalue weighted by Crippen LogP contribution is 2.30. The second kappa shape index (κ2) is 10.1. The Labute approximate surface area is 187 Å². The van der Waals surface area contributed by atoms with Gasteiger partial charge in [-0.1, -0.05) is 41.0 Å². The molecule has 3 aromatic rings. The number of carbonyl (C=O) groups excluding carboxylic acids is 1. The molecule has 0 fully saturated rings. The smallest absolute Gasteiger partial charge is 0.234 e. The van der Waals surface area contributed by atoms with Gasteiger partial charge in [0.25, 0.3) is 0 Å². The van der Waals surface area contributed by atoms with Gasteiger partial charge >= 0.3 is 0 Å². The molecule has 1 atom stereocenters. The van der Waals surface area contributed by atoms with Gasteiger partial charge in [-0.2, -0.15) is 0 Å². The van der Waals surface area contributed by atoms with Crippen molar-refractivity contribution in [2.24, 2.45) is 0 Å². The van der Waals surface area contributed by atoms with E-state index in [1.165, 1.54) is 23.9 Å². The number of benzene rings is 2. The maximum absolute atomic E-state index is 13.1. The molecule has 0 spiro atoms. The van der Waals surface area contributed by atoms with Gasteiger partial charge in [0.05, 0.1) is 21.5 Å². The van der Waals surface area contributed by atoms with Crippen LogP contribution in [0.3, 0.4) is 0 Å². The van der Waals surface area contributed by atoms with Gasteiger partial charge in [-0.05, 0) is 50.2 Å². The van der Waals surface area contributed by atoms with Crippen LogP contribution in [0.2, 0.25) is 10.0 Å². The molecule has 0 saturated carbocycles. The van der Waals surface area contributed by atoms with Gasteiger partial charge < -0.3 is 14.6 Å². The van der Waals surface area contributed by atoms with E-state index < -0.39 is 6.10 Å². The van der Waals surface area contributed by atoms with Crippen LogP contribution in [0.5, 0.6) is 5.75 Å². The van der Waals surface area contributed by atoms with Crippen LogP contribution in [0.15, 0.2) is 47.6 Å². The Morgan fingerprint density at radius 2 is 1.97 bits per heavy atom. The zero-order valence-corrected chi connectivity index (χ0v) is 18.6. The highest BCUT2D eigenvalue weighted by atomic mass is 35.5. The van der Waals surface area contributed by atoms with Gasteiger partial charge in [-0.25, -0.2) is 4.39 Å². The number of halogens is 3. The van der Waals surface area contributed by atoms with Crippen molar-refractivity contribution in [1.82, 2.24) is 14.8 Å². The normalized spacial score (nSPS) is 11.9. The predicted molar refractivity (Wildman–Crippen MR) is 117 cm³/mol. The number of nitrogens with one attached hydrogen (secondary N) is 1. The van der Waals surface area contributed by atoms with Crippen LogP contribution in [0.1, 0.15) is 25.8 Å². The van der Waals surface area contributed by atoms with E-state index in [4.69, 9.17) is 27.9 Å². The van der Waals surface area contributed by atoms with Crippen LogP contribution in [0.4, 0.5) is 10.1 Å². The molecule has 1 amide bonds. The summed E-state index contributed by atoms with van der Waals surface area (Å²) in [6.07, 6.45) is -0.406. The molecule has 30 heavy (non-hydrogen) atoms. The minimum absolute atomic E-state index is 0.119. The molecule has 1 N–H and O–H groups in total. The van der Waals surface area contributed by atoms with Crippen molar-refractivity contribution in [3.8, 4) is 5.75 Å². The maximum Gasteiger partial charge on any atom is 0.234 e. The van der Waals surface area contributed by atoms with Crippen LogP contribution < -0.4 is 10.1 Å². The first kappa shape index (κ1) is 22.4. The summed E-state index contributed by atoms with van der Waals surface area (Å²) in [6.45, 7) is 4.39. The quantitative estimate of drug-likeness (QED) is 0.434. The summed E-state index contributed by atoms with van der Waals surface area (Å²) >= 11 is 13.3. The summed E-state index contributed by atoms with van der Waals surface area (Å²) in [4.78, 5) is 12.3. The molecule has 0 aliphatic heterocycles. The van der Waals surface area contributed by atoms with Crippen LogP contribution >= 0.6 is 35.0 Å². The summed E-state index contributed by atoms with van der Waals surface area (Å²) < 4.78 is 20.8. The molecule has 1 aromatic heterocycles. The Balaban J connectivity index is 1.64. The number of anilines is 1. The van der Waals surface area contributed by atoms with E-state index in [1.807, 2.05) is 18.4 Å². The SMILES string of the molecule is CCn1c(SCC(=O)Nc2cccc(Cl)c2Cl)nnc1C(C)Oc1ccc(F)cc1. The number of thioether (sulfide) groups is 1. The molecule has 2 aromatic carbocycles. The predicted octanol–water partition coefficient (Wildman–Crippen LogP) is 5.61. The van der Waals surface area contributed by atoms with Gasteiger partial charge in [0.2, 0.25) is 5.91 Å². The van der Waals surface area contributed by atoms with E-state index in [0.29, 0.717) is 39.0 Å². The van der Waals surface area contributed by atoms with Crippen LogP contribution in [-0.4, -0.2) is 26.4 Å². The van der Waals surface area contributed by atoms with Gasteiger partial charge in [0.1, 0.15) is 11.6 Å². The van der Waals surface area contributed by atoms with E-state index in [9.17, 15) is 9.18 Å². The first-order valence-corrected chi connectivity index (χ1v) is 10.8. The molecular weight excluding hydrogens is 450 g/mol. The zero-order chi connectivity index (χ0) is 21.7. The molecule has 3 rings (SSSR count). The number of nitrogens with zero attached hydrogens (tertiary/aromatic N) is 3. The molecule has 1 heterocycles. The third kappa shape index (κ3) is 5.44. The zero-order valence-electron chi connectivity index (χ0n) is 16.2. The topological polar surface area (TPSA) is 69.0 Å². The molecular formula is C20H19Cl2FN4O2S. The van der Waals surface area contributed by atoms with E-state index in [1.54, 1.807) is 30.3 Å². The average molecular weight is 469 g/mol. The lowest BCUT2D eigenvalue weighted by molar-refractivity contribution is -0.113. The monoisotopic (exact) mass is 468 g/mol. The number of hydrogen-bond acceptors (Lipinski definition) is 5. The van der Waals surface area contributed by atoms with Crippen molar-refractivity contribution >= 4 is 46.6 Å². The maximum atomic E-state index is 13.1. The number of aromatic nitrogens is 3. The van der Waals surface area contributed by atoms with Crippen LogP contribution in [0.25, 0.3) is 0 Å². The molecule has 0 radical (unpaired) electrons. The standard InChI is InChI=1S/C20H19Cl2FN4O2S/c1-3-27-19(12(2)29-14-9-7-13(23)8-10-14)25-26-20(27)30-11-17(28)24-16-6-4-5-15(21)18(16)22/h4-10,12H,3,11H2,1-2H3,(H,24,28). The summed E-state index contributed by atoms with van der Waals surface area (Å²) in [5.74, 6) is 0.688. The van der Waals surface area contributed by atoms with Gasteiger partial charge in [0.15, 0.2) is 17.1 Å². The van der Waals surface area contributed by atoms with E-state index in [2.05, 4.69) is 15.5 Å². The molecule has 1 unspecified atom stereocenters. The number of amides is 1. The van der Waals surface area contributed by atoms with Gasteiger partial charge in [0, 0.05) is 6.54 Å². The second-order valence-electron chi connectivity index (χ2n) is 6.24. The third-order valence-corrected chi connectivity index (χ3v) is 5.90. The van der Waals surface area contributed by atoms with Crippen LogP contribution in [-0.2, 0) is 11.3 Å². The minimum atomic E-state index is -0.406. The summed E-state index contributed by atoms with van der Waals surface area (Å²) in [5.41, 5.74) is 0.453. The number of ether oxygens (including phenoxy) is 1. The molecule has 6 nitrogen and oxygen atoms in total. The van der Waals surface area contributed by atoms with E-state index >= 15 is 0 Å². The number of rotatable bonds is 8. The van der Waals surface area contributed by atoms with Gasteiger partial charge in [-0.15, -0.1) is 10.2 Å². The Bertz CT molecular complexity index is 1030. The highest BCUT2D eigenvalue weighted by molar-refractivity contribution is 7.99. The number of carbonyl (C=O) groups is 1. The molecule has 0 bridgehead atoms. The average Bonchev–Trinajstić information content (AvgIpc) is 3.14. The fourth-order valence-electron chi connectivity index (χ4n) is 2.69. The molecule has 158 valence electrons. The molecule has 0 aliphatic carbocycles.